The van der Waals surface area contributed by atoms with Crippen molar-refractivity contribution < 1.29 is 39.4 Å². The van der Waals surface area contributed by atoms with Crippen LogP contribution in [0.4, 0.5) is 0 Å². The van der Waals surface area contributed by atoms with Crippen molar-refractivity contribution in [1.82, 2.24) is 0 Å². The molecule has 0 N–H and O–H groups in total. The fourth-order valence-electron chi connectivity index (χ4n) is 1.49. The first-order valence-electron chi connectivity index (χ1n) is 3.82. The van der Waals surface area contributed by atoms with Crippen LogP contribution in [0, 0.1) is 0 Å². The molecule has 0 saturated heterocycles. The normalized spacial score (nSPS) is 10.8. The van der Waals surface area contributed by atoms with Gasteiger partial charge in [0.1, 0.15) is 0 Å². The molecule has 0 fully saturated rings. The Hall–Kier alpha value is -0.437. The first-order chi connectivity index (χ1) is 5.77. The van der Waals surface area contributed by atoms with E-state index in [0.717, 1.165) is 0 Å². The molecule has 0 aromatic rings. The Labute approximate surface area is 81.1 Å². The fraction of sp³-hybridized carbons (Fsp3) is 0.500. The van der Waals surface area contributed by atoms with Gasteiger partial charge in [0.2, 0.25) is 0 Å². The van der Waals surface area contributed by atoms with Gasteiger partial charge in [-0.3, -0.25) is 0 Å². The van der Waals surface area contributed by atoms with Crippen molar-refractivity contribution in [2.75, 3.05) is 0 Å². The molecule has 0 saturated carbocycles. The zero-order valence-corrected chi connectivity index (χ0v) is 10.6. The first kappa shape index (κ1) is 12.6. The van der Waals surface area contributed by atoms with Crippen LogP contribution in [0.25, 0.3) is 0 Å². The summed E-state index contributed by atoms with van der Waals surface area (Å²) in [5, 5.41) is 0. The number of hydrogen-bond acceptors (Lipinski definition) is 4. The quantitative estimate of drug-likeness (QED) is 0.733. The monoisotopic (exact) mass is 262 g/mol. The van der Waals surface area contributed by atoms with Gasteiger partial charge in [-0.05, 0) is 0 Å². The van der Waals surface area contributed by atoms with E-state index in [4.69, 9.17) is 0 Å². The Balaban J connectivity index is 5.60. The summed E-state index contributed by atoms with van der Waals surface area (Å²) < 4.78 is -1.99. The summed E-state index contributed by atoms with van der Waals surface area (Å²) in [5.41, 5.74) is 0. The molecule has 0 bridgehead atoms. The third kappa shape index (κ3) is 1.90. The van der Waals surface area contributed by atoms with Gasteiger partial charge in [-0.1, -0.05) is 0 Å². The van der Waals surface area contributed by atoms with Crippen LogP contribution in [0.2, 0.25) is 0 Å². The summed E-state index contributed by atoms with van der Waals surface area (Å²) in [5.74, 6) is 0. The van der Waals surface area contributed by atoms with E-state index < -0.39 is 34.2 Å². The van der Waals surface area contributed by atoms with E-state index in [9.17, 15) is 19.2 Å². The molecule has 0 aliphatic rings. The van der Waals surface area contributed by atoms with Crippen LogP contribution >= 0.6 is 0 Å². The molecule has 0 unspecified atom stereocenters. The van der Waals surface area contributed by atoms with Crippen molar-refractivity contribution in [3.8, 4) is 0 Å². The number of carbonyl (C=O) groups is 4. The van der Waals surface area contributed by atoms with Crippen LogP contribution in [-0.2, 0) is 39.4 Å². The molecule has 13 heavy (non-hydrogen) atoms. The zero-order chi connectivity index (χ0) is 10.8. The van der Waals surface area contributed by atoms with Crippen LogP contribution in [0.1, 0.15) is 27.7 Å². The van der Waals surface area contributed by atoms with E-state index in [1.165, 1.54) is 27.7 Å². The zero-order valence-electron chi connectivity index (χ0n) is 8.13. The summed E-state index contributed by atoms with van der Waals surface area (Å²) in [6.07, 6.45) is 0. The third-order valence-electron chi connectivity index (χ3n) is 2.11. The van der Waals surface area contributed by atoms with Crippen LogP contribution in [0.15, 0.2) is 0 Å². The number of hydrogen-bond donors (Lipinski definition) is 0. The van der Waals surface area contributed by atoms with Gasteiger partial charge in [0.05, 0.1) is 0 Å². The van der Waals surface area contributed by atoms with Gasteiger partial charge < -0.3 is 0 Å². The second-order valence-electron chi connectivity index (χ2n) is 2.97. The van der Waals surface area contributed by atoms with Gasteiger partial charge in [0, 0.05) is 0 Å². The van der Waals surface area contributed by atoms with Crippen molar-refractivity contribution >= 4 is 14.0 Å². The molecular formula is C8H12O4Zr. The molecule has 0 radical (unpaired) electrons. The molecule has 0 aromatic carbocycles. The molecule has 0 spiro atoms. The third-order valence-corrected chi connectivity index (χ3v) is 12.5. The van der Waals surface area contributed by atoms with Crippen molar-refractivity contribution in [2.24, 2.45) is 0 Å². The molecule has 0 amide bonds. The van der Waals surface area contributed by atoms with Crippen molar-refractivity contribution in [2.45, 2.75) is 27.7 Å². The topological polar surface area (TPSA) is 68.3 Å². The molecule has 4 nitrogen and oxygen atoms in total. The second-order valence-corrected chi connectivity index (χ2v) is 13.6. The van der Waals surface area contributed by atoms with Gasteiger partial charge in [-0.25, -0.2) is 0 Å². The van der Waals surface area contributed by atoms with E-state index in [2.05, 4.69) is 0 Å². The van der Waals surface area contributed by atoms with Gasteiger partial charge in [-0.15, -0.1) is 0 Å². The van der Waals surface area contributed by atoms with Gasteiger partial charge in [0.15, 0.2) is 0 Å². The Bertz CT molecular complexity index is 231. The van der Waals surface area contributed by atoms with E-state index in [0.29, 0.717) is 0 Å². The summed E-state index contributed by atoms with van der Waals surface area (Å²) in [7, 11) is 0. The molecule has 0 aliphatic heterocycles. The summed E-state index contributed by atoms with van der Waals surface area (Å²) >= 11 is -4.48. The molecule has 72 valence electrons. The number of rotatable bonds is 4. The van der Waals surface area contributed by atoms with Crippen LogP contribution < -0.4 is 0 Å². The van der Waals surface area contributed by atoms with E-state index >= 15 is 0 Å². The molecular weight excluding hydrogens is 251 g/mol. The summed E-state index contributed by atoms with van der Waals surface area (Å²) in [4.78, 5) is 44.9. The van der Waals surface area contributed by atoms with Crippen molar-refractivity contribution in [1.29, 1.82) is 0 Å². The van der Waals surface area contributed by atoms with E-state index in [1.54, 1.807) is 0 Å². The second kappa shape index (κ2) is 4.18. The van der Waals surface area contributed by atoms with Crippen molar-refractivity contribution in [3.05, 3.63) is 0 Å². The van der Waals surface area contributed by atoms with Gasteiger partial charge in [0.25, 0.3) is 0 Å². The van der Waals surface area contributed by atoms with E-state index in [1.807, 2.05) is 0 Å². The molecule has 5 heteroatoms. The van der Waals surface area contributed by atoms with E-state index in [-0.39, 0.29) is 0 Å². The SMILES string of the molecule is C[C](=O)[Zr]([C](C)=O)([C](C)=O)[C](C)=O. The first-order valence-corrected chi connectivity index (χ1v) is 8.73. The Morgan fingerprint density at radius 1 is 0.615 bits per heavy atom. The van der Waals surface area contributed by atoms with Crippen LogP contribution in [-0.4, -0.2) is 14.0 Å². The average Bonchev–Trinajstić information content (AvgIpc) is 1.82. The summed E-state index contributed by atoms with van der Waals surface area (Å²) in [6.45, 7) is 4.67. The predicted molar refractivity (Wildman–Crippen MR) is 42.7 cm³/mol. The Morgan fingerprint density at radius 3 is 0.769 bits per heavy atom. The molecule has 0 heterocycles. The summed E-state index contributed by atoms with van der Waals surface area (Å²) in [6, 6.07) is 0. The van der Waals surface area contributed by atoms with Crippen molar-refractivity contribution in [3.63, 3.8) is 0 Å². The maximum atomic E-state index is 11.2. The fourth-order valence-corrected chi connectivity index (χ4v) is 8.80. The predicted octanol–water partition coefficient (Wildman–Crippen LogP) is 0.326. The number of carbonyl (C=O) groups excluding carboxylic acids is 4. The average molecular weight is 263 g/mol. The van der Waals surface area contributed by atoms with Crippen LogP contribution in [0.5, 0.6) is 0 Å². The Kier molecular flexibility index (Phi) is 4.04. The minimum absolute atomic E-state index is 0.498. The molecule has 0 aliphatic carbocycles. The molecule has 0 rings (SSSR count). The minimum atomic E-state index is -4.48. The molecule has 0 atom stereocenters. The Morgan fingerprint density at radius 2 is 0.769 bits per heavy atom. The molecule has 0 aromatic heterocycles. The van der Waals surface area contributed by atoms with Crippen LogP contribution in [0.3, 0.4) is 0 Å². The standard InChI is InChI=1S/4C2H3O.Zr/c4*1-2-3;/h4*1H3;. The van der Waals surface area contributed by atoms with Gasteiger partial charge in [-0.2, -0.15) is 0 Å². The van der Waals surface area contributed by atoms with Gasteiger partial charge >= 0.3 is 81.1 Å². The maximum absolute atomic E-state index is 11.2.